The predicted octanol–water partition coefficient (Wildman–Crippen LogP) is 2.43. The van der Waals surface area contributed by atoms with Gasteiger partial charge in [-0.15, -0.1) is 0 Å². The third kappa shape index (κ3) is 2.14. The fourth-order valence-corrected chi connectivity index (χ4v) is 1.96. The number of hydrogen-bond acceptors (Lipinski definition) is 3. The minimum absolute atomic E-state index is 0.0851. The van der Waals surface area contributed by atoms with Gasteiger partial charge in [-0.2, -0.15) is 0 Å². The number of ether oxygens (including phenoxy) is 1. The zero-order valence-electron chi connectivity index (χ0n) is 10.1. The molecule has 0 N–H and O–H groups in total. The zero-order chi connectivity index (χ0) is 12.5. The molecule has 0 radical (unpaired) electrons. The van der Waals surface area contributed by atoms with Crippen LogP contribution in [0.1, 0.15) is 13.3 Å². The molecule has 4 heteroatoms. The monoisotopic (exact) mass is 242 g/mol. The van der Waals surface area contributed by atoms with Gasteiger partial charge < -0.3 is 9.30 Å². The molecule has 4 nitrogen and oxygen atoms in total. The van der Waals surface area contributed by atoms with Crippen LogP contribution in [-0.4, -0.2) is 15.5 Å². The van der Waals surface area contributed by atoms with Crippen LogP contribution < -0.4 is 4.74 Å². The van der Waals surface area contributed by atoms with E-state index < -0.39 is 0 Å². The standard InChI is InChI=1S/C14H14N2O2/c1-10-7-13(10)14(17)18-12-4-2-3-11(8-12)16-6-5-15-9-16/h2-6,8-10,13H,7H2,1H3/t10-,13+/m0/s1. The highest BCUT2D eigenvalue weighted by molar-refractivity contribution is 5.78. The molecule has 0 aliphatic heterocycles. The fraction of sp³-hybridized carbons (Fsp3) is 0.286. The number of rotatable bonds is 3. The molecule has 92 valence electrons. The van der Waals surface area contributed by atoms with Crippen LogP contribution >= 0.6 is 0 Å². The van der Waals surface area contributed by atoms with Gasteiger partial charge in [0.2, 0.25) is 0 Å². The highest BCUT2D eigenvalue weighted by atomic mass is 16.5. The third-order valence-electron chi connectivity index (χ3n) is 3.25. The van der Waals surface area contributed by atoms with Crippen LogP contribution in [0.25, 0.3) is 5.69 Å². The molecule has 1 aromatic carbocycles. The number of hydrogen-bond donors (Lipinski definition) is 0. The summed E-state index contributed by atoms with van der Waals surface area (Å²) in [6, 6.07) is 7.45. The van der Waals surface area contributed by atoms with Crippen molar-refractivity contribution in [3.05, 3.63) is 43.0 Å². The molecule has 0 amide bonds. The smallest absolute Gasteiger partial charge is 0.314 e. The molecule has 3 rings (SSSR count). The van der Waals surface area contributed by atoms with Crippen molar-refractivity contribution in [2.24, 2.45) is 11.8 Å². The van der Waals surface area contributed by atoms with E-state index in [4.69, 9.17) is 4.74 Å². The Bertz CT molecular complexity index is 563. The lowest BCUT2D eigenvalue weighted by molar-refractivity contribution is -0.136. The summed E-state index contributed by atoms with van der Waals surface area (Å²) in [5.74, 6) is 1.02. The maximum Gasteiger partial charge on any atom is 0.314 e. The van der Waals surface area contributed by atoms with Crippen LogP contribution in [0.2, 0.25) is 0 Å². The SMILES string of the molecule is C[C@H]1C[C@H]1C(=O)Oc1cccc(-n2ccnc2)c1. The van der Waals surface area contributed by atoms with Gasteiger partial charge in [0.05, 0.1) is 17.9 Å². The lowest BCUT2D eigenvalue weighted by Crippen LogP contribution is -2.11. The average Bonchev–Trinajstić information content (AvgIpc) is 2.90. The van der Waals surface area contributed by atoms with Crippen LogP contribution in [0.15, 0.2) is 43.0 Å². The normalized spacial score (nSPS) is 21.6. The molecule has 2 aromatic rings. The summed E-state index contributed by atoms with van der Waals surface area (Å²) in [5.41, 5.74) is 0.932. The average molecular weight is 242 g/mol. The highest BCUT2D eigenvalue weighted by Crippen LogP contribution is 2.38. The Morgan fingerprint density at radius 3 is 3.00 bits per heavy atom. The first-order valence-electron chi connectivity index (χ1n) is 6.04. The number of carbonyl (C=O) groups is 1. The molecule has 0 spiro atoms. The van der Waals surface area contributed by atoms with Crippen LogP contribution in [-0.2, 0) is 4.79 Å². The van der Waals surface area contributed by atoms with Gasteiger partial charge in [0.25, 0.3) is 0 Å². The first kappa shape index (κ1) is 11.0. The number of nitrogens with zero attached hydrogens (tertiary/aromatic N) is 2. The molecule has 0 saturated heterocycles. The third-order valence-corrected chi connectivity index (χ3v) is 3.25. The number of benzene rings is 1. The number of carbonyl (C=O) groups excluding carboxylic acids is 1. The van der Waals surface area contributed by atoms with Gasteiger partial charge in [-0.3, -0.25) is 4.79 Å². The minimum atomic E-state index is -0.120. The zero-order valence-corrected chi connectivity index (χ0v) is 10.1. The molecule has 1 aliphatic rings. The van der Waals surface area contributed by atoms with E-state index in [1.807, 2.05) is 29.0 Å². The summed E-state index contributed by atoms with van der Waals surface area (Å²) in [6.07, 6.45) is 6.22. The van der Waals surface area contributed by atoms with Crippen molar-refractivity contribution in [1.82, 2.24) is 9.55 Å². The van der Waals surface area contributed by atoms with Gasteiger partial charge in [-0.25, -0.2) is 4.98 Å². The molecule has 2 atom stereocenters. The maximum absolute atomic E-state index is 11.7. The summed E-state index contributed by atoms with van der Waals surface area (Å²) in [7, 11) is 0. The molecule has 0 bridgehead atoms. The Hall–Kier alpha value is -2.10. The van der Waals surface area contributed by atoms with Crippen LogP contribution in [0, 0.1) is 11.8 Å². The van der Waals surface area contributed by atoms with Gasteiger partial charge in [0, 0.05) is 18.5 Å². The minimum Gasteiger partial charge on any atom is -0.426 e. The van der Waals surface area contributed by atoms with E-state index in [-0.39, 0.29) is 11.9 Å². The molecule has 1 aliphatic carbocycles. The topological polar surface area (TPSA) is 44.1 Å². The molecule has 1 saturated carbocycles. The van der Waals surface area contributed by atoms with Crippen molar-refractivity contribution in [3.8, 4) is 11.4 Å². The molecular weight excluding hydrogens is 228 g/mol. The van der Waals surface area contributed by atoms with Crippen LogP contribution in [0.3, 0.4) is 0 Å². The van der Waals surface area contributed by atoms with Crippen molar-refractivity contribution in [2.45, 2.75) is 13.3 Å². The maximum atomic E-state index is 11.7. The first-order chi connectivity index (χ1) is 8.74. The van der Waals surface area contributed by atoms with E-state index in [2.05, 4.69) is 11.9 Å². The van der Waals surface area contributed by atoms with Crippen molar-refractivity contribution in [2.75, 3.05) is 0 Å². The second-order valence-corrected chi connectivity index (χ2v) is 4.71. The van der Waals surface area contributed by atoms with E-state index in [1.54, 1.807) is 18.6 Å². The Morgan fingerprint density at radius 1 is 1.50 bits per heavy atom. The Balaban J connectivity index is 1.77. The van der Waals surface area contributed by atoms with Gasteiger partial charge in [-0.1, -0.05) is 13.0 Å². The van der Waals surface area contributed by atoms with Crippen LogP contribution in [0.4, 0.5) is 0 Å². The number of aromatic nitrogens is 2. The van der Waals surface area contributed by atoms with E-state index in [9.17, 15) is 4.79 Å². The lowest BCUT2D eigenvalue weighted by atomic mass is 10.3. The van der Waals surface area contributed by atoms with E-state index >= 15 is 0 Å². The predicted molar refractivity (Wildman–Crippen MR) is 66.5 cm³/mol. The van der Waals surface area contributed by atoms with Crippen LogP contribution in [0.5, 0.6) is 5.75 Å². The number of esters is 1. The van der Waals surface area contributed by atoms with Crippen molar-refractivity contribution in [1.29, 1.82) is 0 Å². The van der Waals surface area contributed by atoms with Gasteiger partial charge >= 0.3 is 5.97 Å². The lowest BCUT2D eigenvalue weighted by Gasteiger charge is -2.06. The van der Waals surface area contributed by atoms with E-state index in [0.717, 1.165) is 12.1 Å². The molecule has 1 aromatic heterocycles. The summed E-state index contributed by atoms with van der Waals surface area (Å²) in [4.78, 5) is 15.7. The van der Waals surface area contributed by atoms with Gasteiger partial charge in [0.1, 0.15) is 5.75 Å². The molecule has 1 fully saturated rings. The second kappa shape index (κ2) is 4.29. The largest absolute Gasteiger partial charge is 0.426 e. The highest BCUT2D eigenvalue weighted by Gasteiger charge is 2.40. The summed E-state index contributed by atoms with van der Waals surface area (Å²) in [6.45, 7) is 2.06. The molecular formula is C14H14N2O2. The summed E-state index contributed by atoms with van der Waals surface area (Å²) in [5, 5.41) is 0. The molecule has 1 heterocycles. The quantitative estimate of drug-likeness (QED) is 0.613. The van der Waals surface area contributed by atoms with Crippen molar-refractivity contribution < 1.29 is 9.53 Å². The Morgan fingerprint density at radius 2 is 2.33 bits per heavy atom. The second-order valence-electron chi connectivity index (χ2n) is 4.71. The molecule has 0 unspecified atom stereocenters. The summed E-state index contributed by atoms with van der Waals surface area (Å²) < 4.78 is 7.25. The summed E-state index contributed by atoms with van der Waals surface area (Å²) >= 11 is 0. The number of imidazole rings is 1. The van der Waals surface area contributed by atoms with Gasteiger partial charge in [-0.05, 0) is 24.5 Å². The van der Waals surface area contributed by atoms with E-state index in [1.165, 1.54) is 0 Å². The van der Waals surface area contributed by atoms with Gasteiger partial charge in [0.15, 0.2) is 0 Å². The van der Waals surface area contributed by atoms with E-state index in [0.29, 0.717) is 11.7 Å². The fourth-order valence-electron chi connectivity index (χ4n) is 1.96. The Kier molecular flexibility index (Phi) is 2.63. The Labute approximate surface area is 105 Å². The first-order valence-corrected chi connectivity index (χ1v) is 6.04. The molecule has 18 heavy (non-hydrogen) atoms. The van der Waals surface area contributed by atoms with Crippen molar-refractivity contribution >= 4 is 5.97 Å². The van der Waals surface area contributed by atoms with Crippen molar-refractivity contribution in [3.63, 3.8) is 0 Å².